The van der Waals surface area contributed by atoms with Crippen LogP contribution in [0.1, 0.15) is 19.3 Å². The summed E-state index contributed by atoms with van der Waals surface area (Å²) < 4.78 is 0. The fourth-order valence-corrected chi connectivity index (χ4v) is 3.92. The highest BCUT2D eigenvalue weighted by Crippen LogP contribution is 2.32. The molecule has 0 radical (unpaired) electrons. The lowest BCUT2D eigenvalue weighted by molar-refractivity contribution is 0.0423. The molecular formula is C11H22N2OS. The summed E-state index contributed by atoms with van der Waals surface area (Å²) in [7, 11) is 0. The zero-order chi connectivity index (χ0) is 10.6. The second-order valence-corrected chi connectivity index (χ2v) is 5.73. The van der Waals surface area contributed by atoms with Crippen molar-refractivity contribution in [1.82, 2.24) is 10.2 Å². The molecule has 88 valence electrons. The molecule has 2 aliphatic heterocycles. The van der Waals surface area contributed by atoms with Crippen LogP contribution in [0.2, 0.25) is 0 Å². The first-order chi connectivity index (χ1) is 7.37. The quantitative estimate of drug-likeness (QED) is 0.726. The van der Waals surface area contributed by atoms with E-state index >= 15 is 0 Å². The largest absolute Gasteiger partial charge is 0.394 e. The molecule has 0 spiro atoms. The molecule has 15 heavy (non-hydrogen) atoms. The lowest BCUT2D eigenvalue weighted by Gasteiger charge is -2.44. The van der Waals surface area contributed by atoms with Gasteiger partial charge in [-0.1, -0.05) is 0 Å². The Morgan fingerprint density at radius 1 is 1.27 bits per heavy atom. The highest BCUT2D eigenvalue weighted by molar-refractivity contribution is 7.99. The Bertz CT molecular complexity index is 187. The van der Waals surface area contributed by atoms with Crippen LogP contribution in [-0.4, -0.2) is 59.8 Å². The number of aliphatic hydroxyl groups is 1. The van der Waals surface area contributed by atoms with Gasteiger partial charge in [0, 0.05) is 25.4 Å². The molecule has 2 aliphatic rings. The second-order valence-electron chi connectivity index (χ2n) is 4.63. The standard InChI is InChI=1S/C11H22N2OS/c14-9-11(3-1-8-15-10-11)13-6-2-4-12-5-7-13/h12,14H,1-10H2. The molecule has 2 heterocycles. The summed E-state index contributed by atoms with van der Waals surface area (Å²) in [6.45, 7) is 4.78. The number of hydrogen-bond acceptors (Lipinski definition) is 4. The SMILES string of the molecule is OCC1(N2CCCNCC2)CCCSC1. The Hall–Kier alpha value is 0.230. The van der Waals surface area contributed by atoms with E-state index in [-0.39, 0.29) is 5.54 Å². The number of nitrogens with zero attached hydrogens (tertiary/aromatic N) is 1. The van der Waals surface area contributed by atoms with Gasteiger partial charge >= 0.3 is 0 Å². The summed E-state index contributed by atoms with van der Waals surface area (Å²) in [5.74, 6) is 2.39. The first-order valence-corrected chi connectivity index (χ1v) is 7.17. The molecule has 0 aromatic rings. The minimum Gasteiger partial charge on any atom is -0.394 e. The zero-order valence-electron chi connectivity index (χ0n) is 9.37. The van der Waals surface area contributed by atoms with Crippen molar-refractivity contribution in [3.8, 4) is 0 Å². The molecule has 2 N–H and O–H groups in total. The monoisotopic (exact) mass is 230 g/mol. The topological polar surface area (TPSA) is 35.5 Å². The minimum atomic E-state index is 0.0922. The maximum atomic E-state index is 9.71. The maximum absolute atomic E-state index is 9.71. The third-order valence-electron chi connectivity index (χ3n) is 3.61. The van der Waals surface area contributed by atoms with E-state index in [4.69, 9.17) is 0 Å². The van der Waals surface area contributed by atoms with Gasteiger partial charge in [0.1, 0.15) is 0 Å². The van der Waals surface area contributed by atoms with Gasteiger partial charge in [-0.05, 0) is 31.6 Å². The summed E-state index contributed by atoms with van der Waals surface area (Å²) in [5.41, 5.74) is 0.0922. The Balaban J connectivity index is 2.01. The van der Waals surface area contributed by atoms with Gasteiger partial charge in [0.25, 0.3) is 0 Å². The Morgan fingerprint density at radius 3 is 2.93 bits per heavy atom. The lowest BCUT2D eigenvalue weighted by Crippen LogP contribution is -2.56. The Kier molecular flexibility index (Phi) is 4.31. The summed E-state index contributed by atoms with van der Waals surface area (Å²) >= 11 is 2.00. The van der Waals surface area contributed by atoms with E-state index in [1.165, 1.54) is 25.0 Å². The summed E-state index contributed by atoms with van der Waals surface area (Å²) in [5, 5.41) is 13.1. The summed E-state index contributed by atoms with van der Waals surface area (Å²) in [6, 6.07) is 0. The fraction of sp³-hybridized carbons (Fsp3) is 1.00. The normalized spacial score (nSPS) is 35.0. The van der Waals surface area contributed by atoms with Crippen molar-refractivity contribution in [2.75, 3.05) is 44.3 Å². The van der Waals surface area contributed by atoms with Crippen molar-refractivity contribution < 1.29 is 5.11 Å². The third-order valence-corrected chi connectivity index (χ3v) is 4.93. The van der Waals surface area contributed by atoms with Crippen LogP contribution in [0.25, 0.3) is 0 Å². The van der Waals surface area contributed by atoms with Gasteiger partial charge in [-0.3, -0.25) is 4.90 Å². The van der Waals surface area contributed by atoms with Crippen molar-refractivity contribution in [2.45, 2.75) is 24.8 Å². The molecule has 2 rings (SSSR count). The third kappa shape index (κ3) is 2.67. The van der Waals surface area contributed by atoms with E-state index in [0.717, 1.165) is 31.9 Å². The number of thioether (sulfide) groups is 1. The molecular weight excluding hydrogens is 208 g/mol. The molecule has 1 atom stereocenters. The Labute approximate surface area is 96.6 Å². The van der Waals surface area contributed by atoms with Crippen LogP contribution in [0.15, 0.2) is 0 Å². The van der Waals surface area contributed by atoms with E-state index in [0.29, 0.717) is 6.61 Å². The minimum absolute atomic E-state index is 0.0922. The predicted molar refractivity (Wildman–Crippen MR) is 65.4 cm³/mol. The molecule has 0 aliphatic carbocycles. The highest BCUT2D eigenvalue weighted by Gasteiger charge is 2.37. The van der Waals surface area contributed by atoms with Gasteiger partial charge in [0.2, 0.25) is 0 Å². The smallest absolute Gasteiger partial charge is 0.0623 e. The maximum Gasteiger partial charge on any atom is 0.0623 e. The van der Waals surface area contributed by atoms with Crippen LogP contribution >= 0.6 is 11.8 Å². The van der Waals surface area contributed by atoms with Crippen molar-refractivity contribution in [1.29, 1.82) is 0 Å². The second kappa shape index (κ2) is 5.53. The van der Waals surface area contributed by atoms with Crippen molar-refractivity contribution in [3.63, 3.8) is 0 Å². The van der Waals surface area contributed by atoms with E-state index in [2.05, 4.69) is 10.2 Å². The van der Waals surface area contributed by atoms with Crippen LogP contribution in [-0.2, 0) is 0 Å². The van der Waals surface area contributed by atoms with E-state index < -0.39 is 0 Å². The number of aliphatic hydroxyl groups excluding tert-OH is 1. The van der Waals surface area contributed by atoms with Crippen LogP contribution in [0.5, 0.6) is 0 Å². The summed E-state index contributed by atoms with van der Waals surface area (Å²) in [6.07, 6.45) is 3.65. The molecule has 2 saturated heterocycles. The van der Waals surface area contributed by atoms with E-state index in [1.54, 1.807) is 0 Å². The van der Waals surface area contributed by atoms with Gasteiger partial charge in [0.15, 0.2) is 0 Å². The first-order valence-electron chi connectivity index (χ1n) is 6.02. The fourth-order valence-electron chi connectivity index (χ4n) is 2.63. The van der Waals surface area contributed by atoms with Gasteiger partial charge in [-0.2, -0.15) is 11.8 Å². The Morgan fingerprint density at radius 2 is 2.20 bits per heavy atom. The average Bonchev–Trinajstić information content (AvgIpc) is 2.59. The van der Waals surface area contributed by atoms with E-state index in [1.807, 2.05) is 11.8 Å². The molecule has 0 bridgehead atoms. The molecule has 1 unspecified atom stereocenters. The summed E-state index contributed by atoms with van der Waals surface area (Å²) in [4.78, 5) is 2.53. The molecule has 4 heteroatoms. The zero-order valence-corrected chi connectivity index (χ0v) is 10.2. The first kappa shape index (κ1) is 11.7. The van der Waals surface area contributed by atoms with Gasteiger partial charge in [-0.25, -0.2) is 0 Å². The molecule has 0 amide bonds. The predicted octanol–water partition coefficient (Wildman–Crippen LogP) is 0.540. The van der Waals surface area contributed by atoms with Crippen LogP contribution < -0.4 is 5.32 Å². The van der Waals surface area contributed by atoms with E-state index in [9.17, 15) is 5.11 Å². The van der Waals surface area contributed by atoms with Crippen LogP contribution in [0.3, 0.4) is 0 Å². The number of nitrogens with one attached hydrogen (secondary N) is 1. The molecule has 0 aromatic carbocycles. The van der Waals surface area contributed by atoms with Crippen molar-refractivity contribution in [3.05, 3.63) is 0 Å². The highest BCUT2D eigenvalue weighted by atomic mass is 32.2. The van der Waals surface area contributed by atoms with Crippen molar-refractivity contribution in [2.24, 2.45) is 0 Å². The number of rotatable bonds is 2. The van der Waals surface area contributed by atoms with Gasteiger partial charge < -0.3 is 10.4 Å². The number of hydrogen-bond donors (Lipinski definition) is 2. The average molecular weight is 230 g/mol. The van der Waals surface area contributed by atoms with Gasteiger partial charge in [0.05, 0.1) is 12.1 Å². The molecule has 0 saturated carbocycles. The van der Waals surface area contributed by atoms with Crippen LogP contribution in [0.4, 0.5) is 0 Å². The van der Waals surface area contributed by atoms with Crippen LogP contribution in [0, 0.1) is 0 Å². The lowest BCUT2D eigenvalue weighted by atomic mass is 9.93. The molecule has 3 nitrogen and oxygen atoms in total. The molecule has 0 aromatic heterocycles. The van der Waals surface area contributed by atoms with Crippen molar-refractivity contribution >= 4 is 11.8 Å². The van der Waals surface area contributed by atoms with Gasteiger partial charge in [-0.15, -0.1) is 0 Å². The molecule has 2 fully saturated rings.